The molecule has 1 aliphatic heterocycles. The summed E-state index contributed by atoms with van der Waals surface area (Å²) in [6, 6.07) is 9.37. The van der Waals surface area contributed by atoms with Gasteiger partial charge in [-0.1, -0.05) is 49.0 Å². The van der Waals surface area contributed by atoms with E-state index >= 15 is 0 Å². The molecule has 5 rings (SSSR count). The van der Waals surface area contributed by atoms with Gasteiger partial charge >= 0.3 is 0 Å². The van der Waals surface area contributed by atoms with Crippen molar-refractivity contribution in [1.29, 1.82) is 0 Å². The highest BCUT2D eigenvalue weighted by Crippen LogP contribution is 2.38. The van der Waals surface area contributed by atoms with E-state index < -0.39 is 0 Å². The van der Waals surface area contributed by atoms with Crippen LogP contribution >= 0.6 is 35.1 Å². The van der Waals surface area contributed by atoms with Gasteiger partial charge in [-0.3, -0.25) is 18.9 Å². The van der Waals surface area contributed by atoms with Crippen molar-refractivity contribution in [1.82, 2.24) is 29.3 Å². The Labute approximate surface area is 198 Å². The minimum absolute atomic E-state index is 0.0458. The molecule has 3 aromatic heterocycles. The molecular weight excluding hydrogens is 464 g/mol. The number of hydrogen-bond acceptors (Lipinski definition) is 7. The molecule has 0 spiro atoms. The molecule has 0 amide bonds. The lowest BCUT2D eigenvalue weighted by Crippen LogP contribution is -2.26. The number of pyridine rings is 1. The Morgan fingerprint density at radius 1 is 1.28 bits per heavy atom. The number of thioether (sulfide) groups is 2. The maximum Gasteiger partial charge on any atom is 0.262 e. The molecule has 32 heavy (non-hydrogen) atoms. The number of benzene rings is 1. The first-order valence-corrected chi connectivity index (χ1v) is 12.7. The van der Waals surface area contributed by atoms with E-state index in [-0.39, 0.29) is 11.6 Å². The van der Waals surface area contributed by atoms with Crippen LogP contribution < -0.4 is 5.56 Å². The van der Waals surface area contributed by atoms with Crippen LogP contribution in [0.3, 0.4) is 0 Å². The van der Waals surface area contributed by atoms with E-state index in [0.29, 0.717) is 28.4 Å². The summed E-state index contributed by atoms with van der Waals surface area (Å²) in [6.07, 6.45) is 3.56. The average Bonchev–Trinajstić information content (AvgIpc) is 3.38. The molecule has 0 radical (unpaired) electrons. The van der Waals surface area contributed by atoms with Gasteiger partial charge in [0, 0.05) is 41.0 Å². The van der Waals surface area contributed by atoms with Gasteiger partial charge in [-0.05, 0) is 36.2 Å². The predicted octanol–water partition coefficient (Wildman–Crippen LogP) is 4.80. The summed E-state index contributed by atoms with van der Waals surface area (Å²) in [7, 11) is 0. The van der Waals surface area contributed by atoms with Crippen LogP contribution in [0.25, 0.3) is 22.3 Å². The molecule has 10 heteroatoms. The van der Waals surface area contributed by atoms with Crippen molar-refractivity contribution in [2.75, 3.05) is 11.5 Å². The molecule has 0 N–H and O–H groups in total. The number of aromatic nitrogens is 6. The first-order chi connectivity index (χ1) is 15.5. The van der Waals surface area contributed by atoms with E-state index in [1.165, 1.54) is 0 Å². The zero-order valence-corrected chi connectivity index (χ0v) is 20.0. The maximum atomic E-state index is 13.2. The molecule has 1 atom stereocenters. The summed E-state index contributed by atoms with van der Waals surface area (Å²) in [6.45, 7) is 4.80. The molecule has 4 heterocycles. The van der Waals surface area contributed by atoms with E-state index in [4.69, 9.17) is 16.6 Å². The molecule has 7 nitrogen and oxygen atoms in total. The molecule has 1 unspecified atom stereocenters. The third-order valence-electron chi connectivity index (χ3n) is 5.19. The summed E-state index contributed by atoms with van der Waals surface area (Å²) in [4.78, 5) is 22.3. The lowest BCUT2D eigenvalue weighted by atomic mass is 10.2. The zero-order valence-electron chi connectivity index (χ0n) is 17.6. The van der Waals surface area contributed by atoms with Crippen LogP contribution in [0.4, 0.5) is 0 Å². The van der Waals surface area contributed by atoms with Gasteiger partial charge in [0.1, 0.15) is 0 Å². The molecule has 1 aliphatic rings. The van der Waals surface area contributed by atoms with E-state index in [2.05, 4.69) is 33.6 Å². The second-order valence-corrected chi connectivity index (χ2v) is 10.5. The first kappa shape index (κ1) is 21.5. The lowest BCUT2D eigenvalue weighted by molar-refractivity contribution is 0.474. The van der Waals surface area contributed by atoms with Gasteiger partial charge in [0.2, 0.25) is 0 Å². The van der Waals surface area contributed by atoms with Crippen molar-refractivity contribution < 1.29 is 0 Å². The van der Waals surface area contributed by atoms with Gasteiger partial charge in [0.05, 0.1) is 16.9 Å². The Bertz CT molecular complexity index is 1340. The highest BCUT2D eigenvalue weighted by Gasteiger charge is 2.29. The fourth-order valence-electron chi connectivity index (χ4n) is 3.74. The standard InChI is InChI=1S/C22H21ClN6OS2/c1-13(2)10-28-20(30)17-8-15(23)5-6-18(17)25-21(28)31-11-16-12-32-22-27-26-19(29(16)22)14-4-3-7-24-9-14/h3-9,13,16H,10-12H2,1-2H3. The Balaban J connectivity index is 1.48. The van der Waals surface area contributed by atoms with Gasteiger partial charge < -0.3 is 0 Å². The van der Waals surface area contributed by atoms with Crippen LogP contribution in [0.5, 0.6) is 0 Å². The van der Waals surface area contributed by atoms with Crippen LogP contribution in [0.1, 0.15) is 19.9 Å². The zero-order chi connectivity index (χ0) is 22.2. The maximum absolute atomic E-state index is 13.2. The predicted molar refractivity (Wildman–Crippen MR) is 130 cm³/mol. The second-order valence-electron chi connectivity index (χ2n) is 8.06. The van der Waals surface area contributed by atoms with E-state index in [9.17, 15) is 4.79 Å². The number of hydrogen-bond donors (Lipinski definition) is 0. The fourth-order valence-corrected chi connectivity index (χ4v) is 6.23. The lowest BCUT2D eigenvalue weighted by Gasteiger charge is -2.18. The van der Waals surface area contributed by atoms with Crippen LogP contribution in [0, 0.1) is 5.92 Å². The Morgan fingerprint density at radius 3 is 2.94 bits per heavy atom. The largest absolute Gasteiger partial charge is 0.297 e. The van der Waals surface area contributed by atoms with Crippen molar-refractivity contribution in [3.63, 3.8) is 0 Å². The minimum Gasteiger partial charge on any atom is -0.297 e. The molecular formula is C22H21ClN6OS2. The smallest absolute Gasteiger partial charge is 0.262 e. The summed E-state index contributed by atoms with van der Waals surface area (Å²) in [5, 5.41) is 11.5. The summed E-state index contributed by atoms with van der Waals surface area (Å²) in [5.41, 5.74) is 1.57. The summed E-state index contributed by atoms with van der Waals surface area (Å²) < 4.78 is 3.96. The average molecular weight is 485 g/mol. The van der Waals surface area contributed by atoms with Crippen LogP contribution in [0.15, 0.2) is 57.8 Å². The molecule has 0 fully saturated rings. The molecule has 0 saturated heterocycles. The third kappa shape index (κ3) is 4.04. The van der Waals surface area contributed by atoms with E-state index in [0.717, 1.165) is 33.2 Å². The number of nitrogens with zero attached hydrogens (tertiary/aromatic N) is 6. The normalized spacial score (nSPS) is 15.6. The third-order valence-corrected chi connectivity index (χ3v) is 7.63. The van der Waals surface area contributed by atoms with E-state index in [1.807, 2.05) is 18.2 Å². The Kier molecular flexibility index (Phi) is 5.96. The first-order valence-electron chi connectivity index (χ1n) is 10.3. The van der Waals surface area contributed by atoms with Crippen molar-refractivity contribution >= 4 is 46.0 Å². The van der Waals surface area contributed by atoms with Gasteiger partial charge in [0.15, 0.2) is 16.1 Å². The van der Waals surface area contributed by atoms with Crippen molar-refractivity contribution in [2.45, 2.75) is 36.7 Å². The molecule has 0 aliphatic carbocycles. The highest BCUT2D eigenvalue weighted by molar-refractivity contribution is 8.00. The van der Waals surface area contributed by atoms with E-state index in [1.54, 1.807) is 52.6 Å². The highest BCUT2D eigenvalue weighted by atomic mass is 35.5. The van der Waals surface area contributed by atoms with Gasteiger partial charge in [-0.25, -0.2) is 4.98 Å². The van der Waals surface area contributed by atoms with Gasteiger partial charge in [-0.2, -0.15) is 0 Å². The number of rotatable bonds is 6. The molecule has 0 saturated carbocycles. The number of halogens is 1. The molecule has 0 bridgehead atoms. The second kappa shape index (κ2) is 8.88. The quantitative estimate of drug-likeness (QED) is 0.287. The number of fused-ring (bicyclic) bond motifs is 2. The summed E-state index contributed by atoms with van der Waals surface area (Å²) in [5.74, 6) is 2.80. The van der Waals surface area contributed by atoms with Crippen LogP contribution in [0.2, 0.25) is 5.02 Å². The Hall–Kier alpha value is -2.36. The van der Waals surface area contributed by atoms with Crippen molar-refractivity contribution in [3.8, 4) is 11.4 Å². The van der Waals surface area contributed by atoms with Crippen molar-refractivity contribution in [3.05, 3.63) is 58.1 Å². The van der Waals surface area contributed by atoms with Crippen LogP contribution in [-0.4, -0.2) is 40.8 Å². The van der Waals surface area contributed by atoms with Gasteiger partial charge in [0.25, 0.3) is 5.56 Å². The molecule has 1 aromatic carbocycles. The fraction of sp³-hybridized carbons (Fsp3) is 0.318. The topological polar surface area (TPSA) is 78.5 Å². The van der Waals surface area contributed by atoms with Crippen LogP contribution in [-0.2, 0) is 6.54 Å². The SMILES string of the molecule is CC(C)Cn1c(SCC2CSc3nnc(-c4cccnc4)n32)nc2ccc(Cl)cc2c1=O. The minimum atomic E-state index is -0.0458. The molecule has 4 aromatic rings. The van der Waals surface area contributed by atoms with Crippen molar-refractivity contribution in [2.24, 2.45) is 5.92 Å². The Morgan fingerprint density at radius 2 is 2.16 bits per heavy atom. The molecule has 164 valence electrons. The van der Waals surface area contributed by atoms with Gasteiger partial charge in [-0.15, -0.1) is 10.2 Å². The summed E-state index contributed by atoms with van der Waals surface area (Å²) >= 11 is 9.44. The monoisotopic (exact) mass is 484 g/mol.